The number of hydrogen-bond donors (Lipinski definition) is 3. The van der Waals surface area contributed by atoms with Crippen LogP contribution >= 0.6 is 0 Å². The normalized spacial score (nSPS) is 24.3. The van der Waals surface area contributed by atoms with Gasteiger partial charge in [0.1, 0.15) is 0 Å². The summed E-state index contributed by atoms with van der Waals surface area (Å²) in [6.45, 7) is 3.04. The van der Waals surface area contributed by atoms with E-state index in [1.807, 2.05) is 0 Å². The molecule has 4 nitrogen and oxygen atoms in total. The largest absolute Gasteiger partial charge is 0.392 e. The Kier molecular flexibility index (Phi) is 4.18. The van der Waals surface area contributed by atoms with Gasteiger partial charge in [0, 0.05) is 19.0 Å². The van der Waals surface area contributed by atoms with Crippen LogP contribution in [0.2, 0.25) is 0 Å². The van der Waals surface area contributed by atoms with Crippen LogP contribution < -0.4 is 10.6 Å². The molecule has 0 radical (unpaired) electrons. The van der Waals surface area contributed by atoms with Gasteiger partial charge < -0.3 is 15.7 Å². The Bertz CT molecular complexity index is 165. The molecule has 0 aromatic heterocycles. The molecule has 0 aromatic rings. The third-order valence-corrected chi connectivity index (χ3v) is 2.19. The van der Waals surface area contributed by atoms with Gasteiger partial charge in [-0.1, -0.05) is 0 Å². The lowest BCUT2D eigenvalue weighted by atomic mass is 10.1. The Morgan fingerprint density at radius 1 is 1.77 bits per heavy atom. The van der Waals surface area contributed by atoms with E-state index in [2.05, 4.69) is 10.6 Å². The van der Waals surface area contributed by atoms with Crippen LogP contribution in [0.5, 0.6) is 0 Å². The van der Waals surface area contributed by atoms with Crippen molar-refractivity contribution in [3.05, 3.63) is 0 Å². The molecule has 0 spiro atoms. The van der Waals surface area contributed by atoms with Gasteiger partial charge in [-0.2, -0.15) is 0 Å². The molecule has 0 aliphatic carbocycles. The maximum atomic E-state index is 11.2. The van der Waals surface area contributed by atoms with E-state index in [1.54, 1.807) is 6.92 Å². The van der Waals surface area contributed by atoms with Crippen molar-refractivity contribution in [2.75, 3.05) is 13.1 Å². The molecule has 1 aliphatic heterocycles. The summed E-state index contributed by atoms with van der Waals surface area (Å²) in [4.78, 5) is 11.2. The molecule has 1 heterocycles. The highest BCUT2D eigenvalue weighted by atomic mass is 16.3. The summed E-state index contributed by atoms with van der Waals surface area (Å²) >= 11 is 0. The zero-order valence-electron chi connectivity index (χ0n) is 8.05. The Hall–Kier alpha value is -0.610. The standard InChI is InChI=1S/C9H18N2O2/c1-7(12)6-11-9(13)5-8-3-2-4-10-8/h7-8,10,12H,2-6H2,1H3,(H,11,13)/t7-,8?/m0/s1. The fourth-order valence-corrected chi connectivity index (χ4v) is 1.49. The minimum Gasteiger partial charge on any atom is -0.392 e. The molecule has 1 amide bonds. The second-order valence-corrected chi connectivity index (χ2v) is 3.65. The predicted octanol–water partition coefficient (Wildman–Crippen LogP) is -0.374. The number of nitrogens with one attached hydrogen (secondary N) is 2. The summed E-state index contributed by atoms with van der Waals surface area (Å²) in [5.74, 6) is 0.0281. The van der Waals surface area contributed by atoms with Gasteiger partial charge in [-0.25, -0.2) is 0 Å². The molecule has 76 valence electrons. The quantitative estimate of drug-likeness (QED) is 0.561. The zero-order valence-corrected chi connectivity index (χ0v) is 8.05. The summed E-state index contributed by atoms with van der Waals surface area (Å²) in [5.41, 5.74) is 0. The van der Waals surface area contributed by atoms with Gasteiger partial charge in [0.15, 0.2) is 0 Å². The fraction of sp³-hybridized carbons (Fsp3) is 0.889. The van der Waals surface area contributed by atoms with E-state index < -0.39 is 6.10 Å². The SMILES string of the molecule is C[C@H](O)CNC(=O)CC1CCCN1. The molecule has 0 bridgehead atoms. The van der Waals surface area contributed by atoms with E-state index >= 15 is 0 Å². The molecular formula is C9H18N2O2. The van der Waals surface area contributed by atoms with Crippen LogP contribution in [-0.4, -0.2) is 36.2 Å². The molecule has 4 heteroatoms. The lowest BCUT2D eigenvalue weighted by molar-refractivity contribution is -0.121. The van der Waals surface area contributed by atoms with E-state index in [1.165, 1.54) is 0 Å². The first-order chi connectivity index (χ1) is 6.18. The van der Waals surface area contributed by atoms with E-state index in [0.29, 0.717) is 19.0 Å². The van der Waals surface area contributed by atoms with Crippen molar-refractivity contribution in [3.8, 4) is 0 Å². The maximum absolute atomic E-state index is 11.2. The molecule has 3 N–H and O–H groups in total. The van der Waals surface area contributed by atoms with E-state index in [4.69, 9.17) is 5.11 Å². The van der Waals surface area contributed by atoms with Crippen LogP contribution in [0, 0.1) is 0 Å². The molecule has 13 heavy (non-hydrogen) atoms. The summed E-state index contributed by atoms with van der Waals surface area (Å²) < 4.78 is 0. The number of aliphatic hydroxyl groups excluding tert-OH is 1. The molecule has 1 fully saturated rings. The lowest BCUT2D eigenvalue weighted by Gasteiger charge is -2.11. The second kappa shape index (κ2) is 5.19. The average Bonchev–Trinajstić information content (AvgIpc) is 2.53. The highest BCUT2D eigenvalue weighted by molar-refractivity contribution is 5.76. The van der Waals surface area contributed by atoms with Crippen LogP contribution in [0.4, 0.5) is 0 Å². The van der Waals surface area contributed by atoms with Gasteiger partial charge in [-0.3, -0.25) is 4.79 Å². The van der Waals surface area contributed by atoms with Crippen molar-refractivity contribution < 1.29 is 9.90 Å². The van der Waals surface area contributed by atoms with Gasteiger partial charge >= 0.3 is 0 Å². The Morgan fingerprint density at radius 3 is 3.08 bits per heavy atom. The first-order valence-corrected chi connectivity index (χ1v) is 4.86. The summed E-state index contributed by atoms with van der Waals surface area (Å²) in [6, 6.07) is 0.342. The minimum atomic E-state index is -0.458. The molecule has 1 rings (SSSR count). The number of amides is 1. The third-order valence-electron chi connectivity index (χ3n) is 2.19. The fourth-order valence-electron chi connectivity index (χ4n) is 1.49. The molecule has 1 saturated heterocycles. The lowest BCUT2D eigenvalue weighted by Crippen LogP contribution is -2.35. The number of carbonyl (C=O) groups is 1. The summed E-state index contributed by atoms with van der Waals surface area (Å²) in [5, 5.41) is 14.9. The summed E-state index contributed by atoms with van der Waals surface area (Å²) in [6.07, 6.45) is 2.32. The van der Waals surface area contributed by atoms with Gasteiger partial charge in [0.2, 0.25) is 5.91 Å². The molecule has 0 aromatic carbocycles. The van der Waals surface area contributed by atoms with Crippen molar-refractivity contribution in [1.29, 1.82) is 0 Å². The van der Waals surface area contributed by atoms with Crippen molar-refractivity contribution in [2.45, 2.75) is 38.3 Å². The van der Waals surface area contributed by atoms with Gasteiger partial charge in [-0.15, -0.1) is 0 Å². The number of aliphatic hydroxyl groups is 1. The Balaban J connectivity index is 2.09. The van der Waals surface area contributed by atoms with E-state index in [0.717, 1.165) is 19.4 Å². The first-order valence-electron chi connectivity index (χ1n) is 4.86. The molecule has 0 saturated carbocycles. The molecule has 1 unspecified atom stereocenters. The smallest absolute Gasteiger partial charge is 0.221 e. The topological polar surface area (TPSA) is 61.4 Å². The number of carbonyl (C=O) groups excluding carboxylic acids is 1. The first kappa shape index (κ1) is 10.5. The molecule has 2 atom stereocenters. The van der Waals surface area contributed by atoms with Gasteiger partial charge in [0.05, 0.1) is 6.10 Å². The zero-order chi connectivity index (χ0) is 9.68. The Morgan fingerprint density at radius 2 is 2.54 bits per heavy atom. The van der Waals surface area contributed by atoms with Crippen molar-refractivity contribution in [1.82, 2.24) is 10.6 Å². The van der Waals surface area contributed by atoms with Crippen molar-refractivity contribution in [2.24, 2.45) is 0 Å². The van der Waals surface area contributed by atoms with Crippen LogP contribution in [0.25, 0.3) is 0 Å². The van der Waals surface area contributed by atoms with Crippen molar-refractivity contribution in [3.63, 3.8) is 0 Å². The highest BCUT2D eigenvalue weighted by Crippen LogP contribution is 2.07. The van der Waals surface area contributed by atoms with E-state index in [9.17, 15) is 4.79 Å². The second-order valence-electron chi connectivity index (χ2n) is 3.65. The Labute approximate surface area is 78.7 Å². The van der Waals surface area contributed by atoms with Crippen LogP contribution in [0.3, 0.4) is 0 Å². The van der Waals surface area contributed by atoms with Crippen LogP contribution in [0.1, 0.15) is 26.2 Å². The van der Waals surface area contributed by atoms with Gasteiger partial charge in [0.25, 0.3) is 0 Å². The minimum absolute atomic E-state index is 0.0281. The highest BCUT2D eigenvalue weighted by Gasteiger charge is 2.17. The van der Waals surface area contributed by atoms with Gasteiger partial charge in [-0.05, 0) is 26.3 Å². The van der Waals surface area contributed by atoms with Crippen LogP contribution in [-0.2, 0) is 4.79 Å². The predicted molar refractivity (Wildman–Crippen MR) is 50.3 cm³/mol. The van der Waals surface area contributed by atoms with Crippen molar-refractivity contribution >= 4 is 5.91 Å². The molecule has 1 aliphatic rings. The number of rotatable bonds is 4. The average molecular weight is 186 g/mol. The maximum Gasteiger partial charge on any atom is 0.221 e. The molecular weight excluding hydrogens is 168 g/mol. The monoisotopic (exact) mass is 186 g/mol. The summed E-state index contributed by atoms with van der Waals surface area (Å²) in [7, 11) is 0. The third kappa shape index (κ3) is 4.24. The number of hydrogen-bond acceptors (Lipinski definition) is 3. The van der Waals surface area contributed by atoms with Crippen LogP contribution in [0.15, 0.2) is 0 Å². The van der Waals surface area contributed by atoms with E-state index in [-0.39, 0.29) is 5.91 Å².